The average Bonchev–Trinajstić information content (AvgIpc) is 3.00. The molecule has 1 aromatic rings. The summed E-state index contributed by atoms with van der Waals surface area (Å²) in [5.74, 6) is -0.104. The maximum absolute atomic E-state index is 12.6. The molecule has 1 aromatic heterocycles. The zero-order valence-corrected chi connectivity index (χ0v) is 12.8. The number of nitrogens with zero attached hydrogens (tertiary/aromatic N) is 3. The second kappa shape index (κ2) is 5.59. The summed E-state index contributed by atoms with van der Waals surface area (Å²) < 4.78 is 0. The molecule has 1 spiro atoms. The van der Waals surface area contributed by atoms with Crippen LogP contribution in [0.25, 0.3) is 0 Å². The van der Waals surface area contributed by atoms with Gasteiger partial charge in [-0.3, -0.25) is 9.69 Å². The summed E-state index contributed by atoms with van der Waals surface area (Å²) in [6.45, 7) is 2.95. The van der Waals surface area contributed by atoms with Crippen LogP contribution in [0.2, 0.25) is 0 Å². The van der Waals surface area contributed by atoms with Gasteiger partial charge in [0.2, 0.25) is 5.13 Å². The standard InChI is InChI=1S/C13H19N5O2S/c1-2-14-11-17-16-9(21-11)8-18-10(19)13(15-12(18)20)6-4-3-5-7-13/h2-8H2,1H3,(H,14,17)(H,15,20). The Morgan fingerprint density at radius 2 is 2.05 bits per heavy atom. The van der Waals surface area contributed by atoms with E-state index >= 15 is 0 Å². The minimum atomic E-state index is -0.662. The minimum Gasteiger partial charge on any atom is -0.360 e. The molecule has 114 valence electrons. The fraction of sp³-hybridized carbons (Fsp3) is 0.692. The average molecular weight is 309 g/mol. The largest absolute Gasteiger partial charge is 0.360 e. The van der Waals surface area contributed by atoms with Gasteiger partial charge in [0.15, 0.2) is 0 Å². The monoisotopic (exact) mass is 309 g/mol. The van der Waals surface area contributed by atoms with Crippen LogP contribution in [0.1, 0.15) is 44.0 Å². The van der Waals surface area contributed by atoms with Gasteiger partial charge in [-0.1, -0.05) is 30.6 Å². The highest BCUT2D eigenvalue weighted by atomic mass is 32.1. The highest BCUT2D eigenvalue weighted by Gasteiger charge is 2.51. The topological polar surface area (TPSA) is 87.2 Å². The van der Waals surface area contributed by atoms with E-state index in [1.807, 2.05) is 6.92 Å². The molecule has 3 amide bonds. The quantitative estimate of drug-likeness (QED) is 0.827. The summed E-state index contributed by atoms with van der Waals surface area (Å²) in [7, 11) is 0. The van der Waals surface area contributed by atoms with E-state index in [0.29, 0.717) is 10.1 Å². The number of urea groups is 1. The van der Waals surface area contributed by atoms with Crippen LogP contribution < -0.4 is 10.6 Å². The van der Waals surface area contributed by atoms with Gasteiger partial charge in [-0.2, -0.15) is 0 Å². The summed E-state index contributed by atoms with van der Waals surface area (Å²) in [5, 5.41) is 15.4. The van der Waals surface area contributed by atoms with Crippen molar-refractivity contribution in [2.75, 3.05) is 11.9 Å². The molecule has 2 heterocycles. The number of carbonyl (C=O) groups excluding carboxylic acids is 2. The molecule has 2 fully saturated rings. The first-order chi connectivity index (χ1) is 10.1. The molecule has 1 aliphatic carbocycles. The molecule has 2 N–H and O–H groups in total. The van der Waals surface area contributed by atoms with Gasteiger partial charge in [0.05, 0.1) is 6.54 Å². The lowest BCUT2D eigenvalue weighted by Crippen LogP contribution is -2.48. The van der Waals surface area contributed by atoms with Gasteiger partial charge in [-0.15, -0.1) is 10.2 Å². The maximum atomic E-state index is 12.6. The Hall–Kier alpha value is -1.70. The van der Waals surface area contributed by atoms with Crippen LogP contribution in [0.3, 0.4) is 0 Å². The third kappa shape index (κ3) is 2.59. The van der Waals surface area contributed by atoms with Crippen molar-refractivity contribution in [1.82, 2.24) is 20.4 Å². The molecule has 1 saturated carbocycles. The van der Waals surface area contributed by atoms with E-state index in [2.05, 4.69) is 20.8 Å². The molecule has 0 radical (unpaired) electrons. The van der Waals surface area contributed by atoms with Crippen molar-refractivity contribution in [3.63, 3.8) is 0 Å². The van der Waals surface area contributed by atoms with Gasteiger partial charge in [-0.25, -0.2) is 4.79 Å². The first-order valence-electron chi connectivity index (χ1n) is 7.35. The smallest absolute Gasteiger partial charge is 0.325 e. The summed E-state index contributed by atoms with van der Waals surface area (Å²) in [5.41, 5.74) is -0.662. The number of imide groups is 1. The zero-order valence-electron chi connectivity index (χ0n) is 12.0. The number of nitrogens with one attached hydrogen (secondary N) is 2. The predicted molar refractivity (Wildman–Crippen MR) is 79.0 cm³/mol. The Morgan fingerprint density at radius 1 is 1.29 bits per heavy atom. The molecule has 1 aliphatic heterocycles. The molecule has 3 rings (SSSR count). The summed E-state index contributed by atoms with van der Waals surface area (Å²) in [4.78, 5) is 26.0. The first-order valence-corrected chi connectivity index (χ1v) is 8.16. The van der Waals surface area contributed by atoms with E-state index in [1.54, 1.807) is 0 Å². The lowest BCUT2D eigenvalue weighted by molar-refractivity contribution is -0.132. The molecule has 0 unspecified atom stereocenters. The number of amides is 3. The van der Waals surface area contributed by atoms with Gasteiger partial charge in [0, 0.05) is 6.54 Å². The summed E-state index contributed by atoms with van der Waals surface area (Å²) in [6.07, 6.45) is 4.60. The number of hydrogen-bond donors (Lipinski definition) is 2. The van der Waals surface area contributed by atoms with Crippen LogP contribution >= 0.6 is 11.3 Å². The summed E-state index contributed by atoms with van der Waals surface area (Å²) >= 11 is 1.38. The Labute approximate surface area is 127 Å². The maximum Gasteiger partial charge on any atom is 0.325 e. The highest BCUT2D eigenvalue weighted by molar-refractivity contribution is 7.15. The molecule has 0 atom stereocenters. The Morgan fingerprint density at radius 3 is 2.76 bits per heavy atom. The van der Waals surface area contributed by atoms with Crippen molar-refractivity contribution in [2.24, 2.45) is 0 Å². The minimum absolute atomic E-state index is 0.104. The van der Waals surface area contributed by atoms with Gasteiger partial charge in [0.1, 0.15) is 10.5 Å². The molecule has 1 saturated heterocycles. The van der Waals surface area contributed by atoms with Gasteiger partial charge >= 0.3 is 6.03 Å². The Balaban J connectivity index is 1.72. The van der Waals surface area contributed by atoms with Gasteiger partial charge in [-0.05, 0) is 19.8 Å². The molecular formula is C13H19N5O2S. The van der Waals surface area contributed by atoms with Gasteiger partial charge < -0.3 is 10.6 Å². The lowest BCUT2D eigenvalue weighted by atomic mass is 9.82. The van der Waals surface area contributed by atoms with Crippen LogP contribution in [-0.4, -0.2) is 39.1 Å². The van der Waals surface area contributed by atoms with Crippen LogP contribution in [0.4, 0.5) is 9.93 Å². The van der Waals surface area contributed by atoms with E-state index < -0.39 is 5.54 Å². The molecule has 21 heavy (non-hydrogen) atoms. The van der Waals surface area contributed by atoms with E-state index in [9.17, 15) is 9.59 Å². The van der Waals surface area contributed by atoms with E-state index in [0.717, 1.165) is 38.6 Å². The van der Waals surface area contributed by atoms with Crippen LogP contribution in [0, 0.1) is 0 Å². The fourth-order valence-electron chi connectivity index (χ4n) is 2.99. The van der Waals surface area contributed by atoms with Crippen molar-refractivity contribution in [1.29, 1.82) is 0 Å². The zero-order chi connectivity index (χ0) is 14.9. The highest BCUT2D eigenvalue weighted by Crippen LogP contribution is 2.34. The van der Waals surface area contributed by atoms with Crippen molar-refractivity contribution in [3.8, 4) is 0 Å². The third-order valence-electron chi connectivity index (χ3n) is 4.04. The second-order valence-electron chi connectivity index (χ2n) is 5.50. The number of aromatic nitrogens is 2. The molecule has 0 bridgehead atoms. The van der Waals surface area contributed by atoms with Gasteiger partial charge in [0.25, 0.3) is 5.91 Å². The lowest BCUT2D eigenvalue weighted by Gasteiger charge is -2.30. The third-order valence-corrected chi connectivity index (χ3v) is 4.91. The van der Waals surface area contributed by atoms with Crippen molar-refractivity contribution in [2.45, 2.75) is 51.1 Å². The van der Waals surface area contributed by atoms with Crippen molar-refractivity contribution < 1.29 is 9.59 Å². The fourth-order valence-corrected chi connectivity index (χ4v) is 3.79. The molecule has 2 aliphatic rings. The van der Waals surface area contributed by atoms with Crippen LogP contribution in [-0.2, 0) is 11.3 Å². The number of anilines is 1. The Kier molecular flexibility index (Phi) is 3.79. The normalized spacial score (nSPS) is 20.9. The van der Waals surface area contributed by atoms with Crippen molar-refractivity contribution >= 4 is 28.4 Å². The van der Waals surface area contributed by atoms with Crippen molar-refractivity contribution in [3.05, 3.63) is 5.01 Å². The molecule has 7 nitrogen and oxygen atoms in total. The van der Waals surface area contributed by atoms with E-state index in [1.165, 1.54) is 16.2 Å². The molecule has 0 aromatic carbocycles. The van der Waals surface area contributed by atoms with Crippen LogP contribution in [0.5, 0.6) is 0 Å². The summed E-state index contributed by atoms with van der Waals surface area (Å²) in [6, 6.07) is -0.304. The molecule has 8 heteroatoms. The molecular weight excluding hydrogens is 290 g/mol. The number of carbonyl (C=O) groups is 2. The van der Waals surface area contributed by atoms with E-state index in [-0.39, 0.29) is 18.5 Å². The number of hydrogen-bond acceptors (Lipinski definition) is 6. The Bertz CT molecular complexity index is 553. The second-order valence-corrected chi connectivity index (χ2v) is 6.56. The van der Waals surface area contributed by atoms with Crippen LogP contribution in [0.15, 0.2) is 0 Å². The first kappa shape index (κ1) is 14.2. The number of rotatable bonds is 4. The van der Waals surface area contributed by atoms with E-state index in [4.69, 9.17) is 0 Å². The SMILES string of the molecule is CCNc1nnc(CN2C(=O)NC3(CCCCC3)C2=O)s1. The predicted octanol–water partition coefficient (Wildman–Crippen LogP) is 1.72.